The second-order valence-electron chi connectivity index (χ2n) is 8.74. The van der Waals surface area contributed by atoms with Gasteiger partial charge in [0.25, 0.3) is 5.56 Å². The predicted molar refractivity (Wildman–Crippen MR) is 158 cm³/mol. The van der Waals surface area contributed by atoms with Crippen LogP contribution in [-0.4, -0.2) is 21.3 Å². The number of halogens is 1. The summed E-state index contributed by atoms with van der Waals surface area (Å²) in [5.41, 5.74) is 1.92. The maximum Gasteiger partial charge on any atom is 0.294 e. The Morgan fingerprint density at radius 3 is 1.92 bits per heavy atom. The molecule has 0 spiro atoms. The first-order chi connectivity index (χ1) is 18.1. The lowest BCUT2D eigenvalue weighted by atomic mass is 10.1. The van der Waals surface area contributed by atoms with Crippen molar-refractivity contribution in [3.05, 3.63) is 131 Å². The summed E-state index contributed by atoms with van der Waals surface area (Å²) in [7, 11) is -2.09. The molecule has 0 unspecified atom stereocenters. The van der Waals surface area contributed by atoms with Crippen molar-refractivity contribution < 1.29 is 0 Å². The van der Waals surface area contributed by atoms with Gasteiger partial charge in [0.05, 0.1) is 6.66 Å². The molecule has 0 aliphatic heterocycles. The molecule has 0 atom stereocenters. The lowest BCUT2D eigenvalue weighted by Gasteiger charge is -2.25. The van der Waals surface area contributed by atoms with Crippen molar-refractivity contribution in [2.24, 2.45) is 0 Å². The van der Waals surface area contributed by atoms with Crippen LogP contribution in [0, 0.1) is 0 Å². The van der Waals surface area contributed by atoms with Gasteiger partial charge < -0.3 is 0 Å². The van der Waals surface area contributed by atoms with Crippen LogP contribution in [0.2, 0.25) is 5.02 Å². The molecule has 0 saturated heterocycles. The van der Waals surface area contributed by atoms with E-state index >= 15 is 0 Å². The van der Waals surface area contributed by atoms with Crippen LogP contribution in [0.5, 0.6) is 0 Å². The van der Waals surface area contributed by atoms with Gasteiger partial charge >= 0.3 is 0 Å². The Morgan fingerprint density at radius 2 is 1.30 bits per heavy atom. The van der Waals surface area contributed by atoms with Crippen LogP contribution in [0.4, 0.5) is 0 Å². The zero-order valence-electron chi connectivity index (χ0n) is 20.0. The molecule has 0 fully saturated rings. The van der Waals surface area contributed by atoms with Crippen LogP contribution in [0.25, 0.3) is 26.8 Å². The van der Waals surface area contributed by atoms with Crippen LogP contribution in [0.1, 0.15) is 0 Å². The van der Waals surface area contributed by atoms with Crippen molar-refractivity contribution in [2.75, 3.05) is 6.66 Å². The number of hydrogen-bond donors (Lipinski definition) is 0. The lowest BCUT2D eigenvalue weighted by molar-refractivity contribution is 0.905. The highest BCUT2D eigenvalue weighted by Crippen LogP contribution is 2.53. The molecule has 7 heteroatoms. The fraction of sp³-hybridized carbons (Fsp3) is 0.0333. The summed E-state index contributed by atoms with van der Waals surface area (Å²) in [5.74, 6) is 0. The fourth-order valence-corrected chi connectivity index (χ4v) is 9.20. The summed E-state index contributed by atoms with van der Waals surface area (Å²) in [6.07, 6.45) is 0. The van der Waals surface area contributed by atoms with Gasteiger partial charge in [-0.25, -0.2) is 4.98 Å². The number of aromatic nitrogens is 3. The monoisotopic (exact) mass is 538 g/mol. The number of nitrogens with zero attached hydrogens (tertiary/aromatic N) is 3. The molecular weight excluding hydrogens is 517 g/mol. The maximum atomic E-state index is 13.4. The van der Waals surface area contributed by atoms with Crippen LogP contribution in [0.15, 0.2) is 120 Å². The Kier molecular flexibility index (Phi) is 6.21. The summed E-state index contributed by atoms with van der Waals surface area (Å²) >= 11 is 8.14. The standard InChI is InChI=1S/C30H22ClN3OPS/c1-36(22-15-7-3-8-16-22,23-17-9-4-10-18-23)25-20-12-11-19-24(25)27-26(31)29(35)34-30(32-27)37-28(33-34)21-13-5-2-6-14-21/h2-20H,1H3/q+1. The van der Waals surface area contributed by atoms with Gasteiger partial charge in [0.15, 0.2) is 0 Å². The Labute approximate surface area is 224 Å². The van der Waals surface area contributed by atoms with Gasteiger partial charge in [-0.15, -0.1) is 0 Å². The second-order valence-corrected chi connectivity index (χ2v) is 13.6. The minimum Gasteiger partial charge on any atom is -0.266 e. The van der Waals surface area contributed by atoms with Crippen LogP contribution < -0.4 is 21.5 Å². The summed E-state index contributed by atoms with van der Waals surface area (Å²) in [6, 6.07) is 39.1. The molecule has 0 aliphatic rings. The topological polar surface area (TPSA) is 47.3 Å². The van der Waals surface area contributed by atoms with Gasteiger partial charge in [0.1, 0.15) is 38.9 Å². The highest BCUT2D eigenvalue weighted by atomic mass is 35.5. The van der Waals surface area contributed by atoms with Gasteiger partial charge in [0, 0.05) is 11.1 Å². The lowest BCUT2D eigenvalue weighted by Crippen LogP contribution is -2.31. The molecule has 37 heavy (non-hydrogen) atoms. The van der Waals surface area contributed by atoms with E-state index < -0.39 is 7.26 Å². The first-order valence-corrected chi connectivity index (χ1v) is 15.2. The average Bonchev–Trinajstić information content (AvgIpc) is 3.41. The van der Waals surface area contributed by atoms with Crippen LogP contribution in [-0.2, 0) is 0 Å². The quantitative estimate of drug-likeness (QED) is 0.251. The Morgan fingerprint density at radius 1 is 0.757 bits per heavy atom. The van der Waals surface area contributed by atoms with Crippen LogP contribution >= 0.6 is 30.2 Å². The number of rotatable bonds is 5. The molecule has 0 aliphatic carbocycles. The predicted octanol–water partition coefficient (Wildman–Crippen LogP) is 6.06. The molecule has 0 amide bonds. The summed E-state index contributed by atoms with van der Waals surface area (Å²) < 4.78 is 1.31. The molecule has 0 radical (unpaired) electrons. The van der Waals surface area contributed by atoms with Gasteiger partial charge in [-0.1, -0.05) is 102 Å². The molecule has 2 aromatic heterocycles. The molecule has 0 N–H and O–H groups in total. The van der Waals surface area contributed by atoms with Crippen molar-refractivity contribution >= 4 is 51.1 Å². The first kappa shape index (κ1) is 23.7. The Balaban J connectivity index is 1.60. The van der Waals surface area contributed by atoms with E-state index in [9.17, 15) is 4.79 Å². The molecule has 4 aromatic carbocycles. The van der Waals surface area contributed by atoms with E-state index in [-0.39, 0.29) is 10.6 Å². The van der Waals surface area contributed by atoms with Crippen molar-refractivity contribution in [3.63, 3.8) is 0 Å². The minimum atomic E-state index is -2.09. The highest BCUT2D eigenvalue weighted by molar-refractivity contribution is 7.95. The number of fused-ring (bicyclic) bond motifs is 1. The Bertz CT molecular complexity index is 1730. The SMILES string of the molecule is C[P+](c1ccccc1)(c1ccccc1)c1ccccc1-c1nc2sc(-c3ccccc3)nn2c(=O)c1Cl. The van der Waals surface area contributed by atoms with Crippen LogP contribution in [0.3, 0.4) is 0 Å². The van der Waals surface area contributed by atoms with Gasteiger partial charge in [0.2, 0.25) is 4.96 Å². The smallest absolute Gasteiger partial charge is 0.266 e. The zero-order valence-corrected chi connectivity index (χ0v) is 22.4. The largest absolute Gasteiger partial charge is 0.294 e. The van der Waals surface area contributed by atoms with Crippen molar-refractivity contribution in [3.8, 4) is 21.8 Å². The highest BCUT2D eigenvalue weighted by Gasteiger charge is 2.42. The molecule has 0 bridgehead atoms. The van der Waals surface area contributed by atoms with E-state index in [0.29, 0.717) is 10.7 Å². The number of benzene rings is 4. The molecule has 180 valence electrons. The zero-order chi connectivity index (χ0) is 25.4. The first-order valence-electron chi connectivity index (χ1n) is 11.8. The maximum absolute atomic E-state index is 13.4. The average molecular weight is 539 g/mol. The summed E-state index contributed by atoms with van der Waals surface area (Å²) in [4.78, 5) is 18.8. The Hall–Kier alpha value is -3.63. The van der Waals surface area contributed by atoms with E-state index in [0.717, 1.165) is 21.4 Å². The second kappa shape index (κ2) is 9.68. The molecule has 0 saturated carbocycles. The summed E-state index contributed by atoms with van der Waals surface area (Å²) in [5, 5.41) is 8.93. The molecule has 4 nitrogen and oxygen atoms in total. The normalized spacial score (nSPS) is 11.6. The molecular formula is C30H22ClN3OPS+. The molecule has 6 rings (SSSR count). The molecule has 2 heterocycles. The minimum absolute atomic E-state index is 0.0718. The van der Waals surface area contributed by atoms with Crippen molar-refractivity contribution in [2.45, 2.75) is 0 Å². The number of hydrogen-bond acceptors (Lipinski definition) is 4. The van der Waals surface area contributed by atoms with Gasteiger partial charge in [-0.2, -0.15) is 9.61 Å². The van der Waals surface area contributed by atoms with E-state index in [1.807, 2.05) is 60.7 Å². The van der Waals surface area contributed by atoms with E-state index in [4.69, 9.17) is 16.6 Å². The van der Waals surface area contributed by atoms with E-state index in [1.54, 1.807) is 0 Å². The van der Waals surface area contributed by atoms with Gasteiger partial charge in [-0.3, -0.25) is 4.79 Å². The van der Waals surface area contributed by atoms with Crippen molar-refractivity contribution in [1.29, 1.82) is 0 Å². The third kappa shape index (κ3) is 4.10. The third-order valence-corrected chi connectivity index (χ3v) is 11.9. The van der Waals surface area contributed by atoms with Crippen molar-refractivity contribution in [1.82, 2.24) is 14.6 Å². The molecule has 6 aromatic rings. The summed E-state index contributed by atoms with van der Waals surface area (Å²) in [6.45, 7) is 2.32. The fourth-order valence-electron chi connectivity index (χ4n) is 4.64. The van der Waals surface area contributed by atoms with E-state index in [1.165, 1.54) is 26.5 Å². The van der Waals surface area contributed by atoms with Gasteiger partial charge in [-0.05, 0) is 36.4 Å². The third-order valence-electron chi connectivity index (χ3n) is 6.56. The van der Waals surface area contributed by atoms with E-state index in [2.05, 4.69) is 66.4 Å².